The summed E-state index contributed by atoms with van der Waals surface area (Å²) in [5, 5.41) is 17.0. The summed E-state index contributed by atoms with van der Waals surface area (Å²) in [7, 11) is 0. The van der Waals surface area contributed by atoms with E-state index in [1.165, 1.54) is 11.8 Å². The van der Waals surface area contributed by atoms with Crippen LogP contribution in [0.15, 0.2) is 0 Å². The van der Waals surface area contributed by atoms with Crippen LogP contribution in [0, 0.1) is 0 Å². The Morgan fingerprint density at radius 3 is 2.40 bits per heavy atom. The van der Waals surface area contributed by atoms with E-state index in [0.717, 1.165) is 0 Å². The summed E-state index contributed by atoms with van der Waals surface area (Å²) in [4.78, 5) is 10.1. The first-order valence-electron chi connectivity index (χ1n) is 2.94. The van der Waals surface area contributed by atoms with E-state index in [0.29, 0.717) is 0 Å². The molecule has 0 amide bonds. The third-order valence-corrected chi connectivity index (χ3v) is 2.27. The molecule has 3 nitrogen and oxygen atoms in total. The molecule has 0 aromatic carbocycles. The van der Waals surface area contributed by atoms with Gasteiger partial charge in [0.2, 0.25) is 0 Å². The molecule has 0 atom stereocenters. The summed E-state index contributed by atoms with van der Waals surface area (Å²) in [5.74, 6) is -0.792. The Kier molecular flexibility index (Phi) is 3.75. The third kappa shape index (κ3) is 4.64. The predicted molar refractivity (Wildman–Crippen MR) is 41.3 cm³/mol. The molecule has 0 saturated heterocycles. The highest BCUT2D eigenvalue weighted by molar-refractivity contribution is 8.01. The second-order valence-corrected chi connectivity index (χ2v) is 4.28. The fraction of sp³-hybridized carbons (Fsp3) is 0.833. The number of hydrogen-bond acceptors (Lipinski definition) is 3. The largest absolute Gasteiger partial charge is 0.481 e. The maximum absolute atomic E-state index is 10.1. The van der Waals surface area contributed by atoms with Gasteiger partial charge >= 0.3 is 5.97 Å². The van der Waals surface area contributed by atoms with E-state index in [1.807, 2.05) is 0 Å². The molecule has 0 radical (unpaired) electrons. The van der Waals surface area contributed by atoms with Crippen LogP contribution in [-0.4, -0.2) is 33.3 Å². The van der Waals surface area contributed by atoms with Crippen LogP contribution in [0.2, 0.25) is 0 Å². The predicted octanol–water partition coefficient (Wildman–Crippen LogP) is 0.575. The Balaban J connectivity index is 3.56. The van der Waals surface area contributed by atoms with E-state index in [1.54, 1.807) is 13.8 Å². The highest BCUT2D eigenvalue weighted by Crippen LogP contribution is 2.22. The highest BCUT2D eigenvalue weighted by Gasteiger charge is 2.17. The van der Waals surface area contributed by atoms with Crippen LogP contribution >= 0.6 is 11.8 Å². The summed E-state index contributed by atoms with van der Waals surface area (Å²) in [6.07, 6.45) is 0. The van der Waals surface area contributed by atoms with Crippen molar-refractivity contribution >= 4 is 17.7 Å². The maximum atomic E-state index is 10.1. The molecule has 60 valence electrons. The van der Waals surface area contributed by atoms with E-state index < -0.39 is 5.97 Å². The van der Waals surface area contributed by atoms with Gasteiger partial charge in [-0.1, -0.05) is 0 Å². The minimum absolute atomic E-state index is 0.00491. The number of carboxylic acid groups (broad SMARTS) is 1. The quantitative estimate of drug-likeness (QED) is 0.638. The van der Waals surface area contributed by atoms with Gasteiger partial charge in [-0.25, -0.2) is 0 Å². The lowest BCUT2D eigenvalue weighted by Crippen LogP contribution is -2.22. The molecule has 0 aliphatic carbocycles. The average molecular weight is 164 g/mol. The SMILES string of the molecule is CC(C)(CO)SCC(=O)O. The molecule has 0 unspecified atom stereocenters. The first-order chi connectivity index (χ1) is 4.48. The molecule has 0 heterocycles. The zero-order chi connectivity index (χ0) is 8.20. The number of hydrogen-bond donors (Lipinski definition) is 2. The van der Waals surface area contributed by atoms with Crippen molar-refractivity contribution in [3.63, 3.8) is 0 Å². The number of carbonyl (C=O) groups is 1. The van der Waals surface area contributed by atoms with Gasteiger partial charge in [0.1, 0.15) is 0 Å². The molecular weight excluding hydrogens is 152 g/mol. The Morgan fingerprint density at radius 2 is 2.10 bits per heavy atom. The fourth-order valence-electron chi connectivity index (χ4n) is 0.303. The first-order valence-corrected chi connectivity index (χ1v) is 3.93. The molecule has 0 bridgehead atoms. The van der Waals surface area contributed by atoms with E-state index >= 15 is 0 Å². The van der Waals surface area contributed by atoms with Crippen molar-refractivity contribution in [2.24, 2.45) is 0 Å². The molecule has 0 spiro atoms. The zero-order valence-electron chi connectivity index (χ0n) is 6.13. The van der Waals surface area contributed by atoms with E-state index in [2.05, 4.69) is 0 Å². The summed E-state index contributed by atoms with van der Waals surface area (Å²) in [5.41, 5.74) is 0. The van der Waals surface area contributed by atoms with Gasteiger partial charge in [-0.2, -0.15) is 0 Å². The summed E-state index contributed by atoms with van der Waals surface area (Å²) < 4.78 is -0.335. The number of aliphatic hydroxyl groups is 1. The van der Waals surface area contributed by atoms with Crippen LogP contribution in [0.25, 0.3) is 0 Å². The van der Waals surface area contributed by atoms with Gasteiger partial charge in [-0.15, -0.1) is 11.8 Å². The Bertz CT molecular complexity index is 122. The molecule has 0 aromatic rings. The van der Waals surface area contributed by atoms with Crippen LogP contribution in [0.5, 0.6) is 0 Å². The number of thioether (sulfide) groups is 1. The lowest BCUT2D eigenvalue weighted by atomic mass is 10.2. The van der Waals surface area contributed by atoms with Crippen molar-refractivity contribution in [3.05, 3.63) is 0 Å². The standard InChI is InChI=1S/C6H12O3S/c1-6(2,4-7)10-3-5(8)9/h7H,3-4H2,1-2H3,(H,8,9). The Labute approximate surface area is 64.4 Å². The monoisotopic (exact) mass is 164 g/mol. The minimum atomic E-state index is -0.841. The van der Waals surface area contributed by atoms with Gasteiger partial charge in [-0.05, 0) is 13.8 Å². The van der Waals surface area contributed by atoms with Crippen molar-refractivity contribution in [2.75, 3.05) is 12.4 Å². The van der Waals surface area contributed by atoms with Gasteiger partial charge < -0.3 is 10.2 Å². The van der Waals surface area contributed by atoms with E-state index in [9.17, 15) is 4.79 Å². The number of rotatable bonds is 4. The van der Waals surface area contributed by atoms with Crippen LogP contribution in [-0.2, 0) is 4.79 Å². The normalized spacial score (nSPS) is 11.5. The smallest absolute Gasteiger partial charge is 0.313 e. The average Bonchev–Trinajstić information content (AvgIpc) is 1.85. The number of aliphatic carboxylic acids is 1. The summed E-state index contributed by atoms with van der Waals surface area (Å²) in [6, 6.07) is 0. The third-order valence-electron chi connectivity index (χ3n) is 0.967. The molecule has 0 aromatic heterocycles. The molecule has 0 saturated carbocycles. The summed E-state index contributed by atoms with van der Waals surface area (Å²) in [6.45, 7) is 3.62. The lowest BCUT2D eigenvalue weighted by Gasteiger charge is -2.18. The number of aliphatic hydroxyl groups excluding tert-OH is 1. The van der Waals surface area contributed by atoms with Crippen LogP contribution in [0.3, 0.4) is 0 Å². The highest BCUT2D eigenvalue weighted by atomic mass is 32.2. The Morgan fingerprint density at radius 1 is 1.60 bits per heavy atom. The summed E-state index contributed by atoms with van der Waals surface area (Å²) >= 11 is 1.24. The molecule has 2 N–H and O–H groups in total. The second kappa shape index (κ2) is 3.83. The molecule has 0 rings (SSSR count). The van der Waals surface area contributed by atoms with Gasteiger partial charge in [-0.3, -0.25) is 4.79 Å². The van der Waals surface area contributed by atoms with Gasteiger partial charge in [0, 0.05) is 4.75 Å². The van der Waals surface area contributed by atoms with Crippen molar-refractivity contribution in [2.45, 2.75) is 18.6 Å². The molecule has 4 heteroatoms. The molecule has 10 heavy (non-hydrogen) atoms. The molecule has 0 aliphatic heterocycles. The number of carboxylic acids is 1. The molecular formula is C6H12O3S. The Hall–Kier alpha value is -0.220. The van der Waals surface area contributed by atoms with E-state index in [-0.39, 0.29) is 17.1 Å². The van der Waals surface area contributed by atoms with Gasteiger partial charge in [0.25, 0.3) is 0 Å². The van der Waals surface area contributed by atoms with Crippen LogP contribution in [0.1, 0.15) is 13.8 Å². The molecule has 0 fully saturated rings. The zero-order valence-corrected chi connectivity index (χ0v) is 6.94. The van der Waals surface area contributed by atoms with E-state index in [4.69, 9.17) is 10.2 Å². The minimum Gasteiger partial charge on any atom is -0.481 e. The first kappa shape index (κ1) is 9.78. The van der Waals surface area contributed by atoms with Gasteiger partial charge in [0.05, 0.1) is 12.4 Å². The van der Waals surface area contributed by atoms with Crippen molar-refractivity contribution in [1.82, 2.24) is 0 Å². The van der Waals surface area contributed by atoms with Crippen LogP contribution < -0.4 is 0 Å². The lowest BCUT2D eigenvalue weighted by molar-refractivity contribution is -0.133. The fourth-order valence-corrected chi connectivity index (χ4v) is 0.908. The maximum Gasteiger partial charge on any atom is 0.313 e. The van der Waals surface area contributed by atoms with Gasteiger partial charge in [0.15, 0.2) is 0 Å². The van der Waals surface area contributed by atoms with Crippen molar-refractivity contribution in [1.29, 1.82) is 0 Å². The topological polar surface area (TPSA) is 57.5 Å². The van der Waals surface area contributed by atoms with Crippen LogP contribution in [0.4, 0.5) is 0 Å². The molecule has 0 aliphatic rings. The second-order valence-electron chi connectivity index (χ2n) is 2.60. The van der Waals surface area contributed by atoms with Crippen molar-refractivity contribution in [3.8, 4) is 0 Å². The van der Waals surface area contributed by atoms with Crippen molar-refractivity contribution < 1.29 is 15.0 Å².